The van der Waals surface area contributed by atoms with Gasteiger partial charge in [-0.2, -0.15) is 0 Å². The number of nitrogen functional groups attached to an aromatic ring is 1. The summed E-state index contributed by atoms with van der Waals surface area (Å²) in [5.74, 6) is -0.399. The van der Waals surface area contributed by atoms with Gasteiger partial charge in [-0.1, -0.05) is 6.92 Å². The molecule has 116 valence electrons. The van der Waals surface area contributed by atoms with Gasteiger partial charge in [-0.3, -0.25) is 14.5 Å². The molecule has 0 atom stereocenters. The number of anilines is 1. The van der Waals surface area contributed by atoms with Gasteiger partial charge < -0.3 is 15.6 Å². The number of nitrogens with zero attached hydrogens (tertiary/aromatic N) is 1. The van der Waals surface area contributed by atoms with Crippen molar-refractivity contribution in [3.63, 3.8) is 0 Å². The zero-order chi connectivity index (χ0) is 15.8. The molecule has 0 heterocycles. The molecule has 0 aliphatic heterocycles. The van der Waals surface area contributed by atoms with Crippen LogP contribution in [0.25, 0.3) is 0 Å². The monoisotopic (exact) mass is 294 g/mol. The van der Waals surface area contributed by atoms with Crippen LogP contribution in [0.15, 0.2) is 18.2 Å². The Labute approximate surface area is 124 Å². The average Bonchev–Trinajstić information content (AvgIpc) is 2.42. The van der Waals surface area contributed by atoms with Gasteiger partial charge in [0.05, 0.1) is 18.8 Å². The summed E-state index contributed by atoms with van der Waals surface area (Å²) in [4.78, 5) is 24.2. The minimum absolute atomic E-state index is 0.0685. The Kier molecular flexibility index (Phi) is 6.68. The van der Waals surface area contributed by atoms with Crippen LogP contribution in [0.1, 0.15) is 30.1 Å². The molecule has 0 radical (unpaired) electrons. The van der Waals surface area contributed by atoms with E-state index in [9.17, 15) is 9.59 Å². The maximum absolute atomic E-state index is 12.0. The van der Waals surface area contributed by atoms with Gasteiger partial charge in [-0.05, 0) is 31.7 Å². The number of Topliss-reactive ketones (excluding diaryl/α,β-unsaturated/α-hetero) is 1. The van der Waals surface area contributed by atoms with Crippen molar-refractivity contribution < 1.29 is 19.4 Å². The number of aliphatic carboxylic acids is 1. The molecule has 0 aliphatic carbocycles. The lowest BCUT2D eigenvalue weighted by Crippen LogP contribution is -2.27. The quantitative estimate of drug-likeness (QED) is 0.531. The van der Waals surface area contributed by atoms with E-state index >= 15 is 0 Å². The van der Waals surface area contributed by atoms with Crippen LogP contribution in [0.4, 0.5) is 5.69 Å². The fourth-order valence-electron chi connectivity index (χ4n) is 1.81. The third-order valence-electron chi connectivity index (χ3n) is 2.92. The fraction of sp³-hybridized carbons (Fsp3) is 0.467. The molecular formula is C15H22N2O4. The number of ketones is 1. The summed E-state index contributed by atoms with van der Waals surface area (Å²) in [6.07, 6.45) is 1.13. The first-order valence-corrected chi connectivity index (χ1v) is 6.90. The number of carboxylic acid groups (broad SMARTS) is 1. The van der Waals surface area contributed by atoms with Crippen LogP contribution in [0, 0.1) is 0 Å². The molecule has 0 bridgehead atoms. The predicted octanol–water partition coefficient (Wildman–Crippen LogP) is 1.65. The van der Waals surface area contributed by atoms with Gasteiger partial charge >= 0.3 is 5.97 Å². The van der Waals surface area contributed by atoms with Crippen LogP contribution in [-0.4, -0.2) is 48.5 Å². The summed E-state index contributed by atoms with van der Waals surface area (Å²) in [6.45, 7) is 2.89. The number of hydrogen-bond acceptors (Lipinski definition) is 5. The van der Waals surface area contributed by atoms with Crippen molar-refractivity contribution in [3.05, 3.63) is 23.8 Å². The number of ether oxygens (including phenoxy) is 1. The molecule has 1 aromatic carbocycles. The molecule has 3 N–H and O–H groups in total. The van der Waals surface area contributed by atoms with Crippen LogP contribution in [0.5, 0.6) is 5.75 Å². The SMILES string of the molecule is CCCOc1ccc(C(=O)CCN(C)CC(=O)O)cc1N. The van der Waals surface area contributed by atoms with Gasteiger partial charge in [0.15, 0.2) is 5.78 Å². The molecule has 0 saturated heterocycles. The number of nitrogens with two attached hydrogens (primary N) is 1. The molecule has 0 aliphatic rings. The minimum atomic E-state index is -0.911. The molecule has 0 amide bonds. The second-order valence-corrected chi connectivity index (χ2v) is 4.91. The zero-order valence-electron chi connectivity index (χ0n) is 12.5. The molecule has 1 aromatic rings. The Morgan fingerprint density at radius 2 is 2.10 bits per heavy atom. The third-order valence-corrected chi connectivity index (χ3v) is 2.92. The summed E-state index contributed by atoms with van der Waals surface area (Å²) < 4.78 is 5.45. The van der Waals surface area contributed by atoms with Crippen LogP contribution in [-0.2, 0) is 4.79 Å². The second-order valence-electron chi connectivity index (χ2n) is 4.91. The lowest BCUT2D eigenvalue weighted by molar-refractivity contribution is -0.137. The van der Waals surface area contributed by atoms with Crippen molar-refractivity contribution in [1.29, 1.82) is 0 Å². The van der Waals surface area contributed by atoms with Gasteiger partial charge in [0, 0.05) is 18.5 Å². The first-order valence-electron chi connectivity index (χ1n) is 6.90. The maximum atomic E-state index is 12.0. The van der Waals surface area contributed by atoms with E-state index in [1.807, 2.05) is 6.92 Å². The van der Waals surface area contributed by atoms with E-state index < -0.39 is 5.97 Å². The molecular weight excluding hydrogens is 272 g/mol. The van der Waals surface area contributed by atoms with Crippen LogP contribution < -0.4 is 10.5 Å². The van der Waals surface area contributed by atoms with Crippen molar-refractivity contribution in [3.8, 4) is 5.75 Å². The molecule has 0 fully saturated rings. The number of benzene rings is 1. The summed E-state index contributed by atoms with van der Waals surface area (Å²) in [5, 5.41) is 8.65. The smallest absolute Gasteiger partial charge is 0.317 e. The number of hydrogen-bond donors (Lipinski definition) is 2. The molecule has 0 spiro atoms. The van der Waals surface area contributed by atoms with Crippen molar-refractivity contribution in [1.82, 2.24) is 4.90 Å². The largest absolute Gasteiger partial charge is 0.491 e. The van der Waals surface area contributed by atoms with Crippen molar-refractivity contribution in [2.75, 3.05) is 32.5 Å². The highest BCUT2D eigenvalue weighted by molar-refractivity contribution is 5.97. The van der Waals surface area contributed by atoms with Crippen LogP contribution in [0.2, 0.25) is 0 Å². The first kappa shape index (κ1) is 17.0. The summed E-state index contributed by atoms with van der Waals surface area (Å²) in [5.41, 5.74) is 6.81. The van der Waals surface area contributed by atoms with E-state index in [1.54, 1.807) is 30.1 Å². The molecule has 0 saturated carbocycles. The number of carbonyl (C=O) groups excluding carboxylic acids is 1. The van der Waals surface area contributed by atoms with Crippen molar-refractivity contribution in [2.45, 2.75) is 19.8 Å². The molecule has 0 unspecified atom stereocenters. The standard InChI is InChI=1S/C15H22N2O4/c1-3-8-21-14-5-4-11(9-12(14)16)13(18)6-7-17(2)10-15(19)20/h4-5,9H,3,6-8,10,16H2,1-2H3,(H,19,20). The molecule has 6 nitrogen and oxygen atoms in total. The van der Waals surface area contributed by atoms with E-state index in [0.717, 1.165) is 6.42 Å². The Balaban J connectivity index is 2.58. The first-order chi connectivity index (χ1) is 9.93. The maximum Gasteiger partial charge on any atom is 0.317 e. The highest BCUT2D eigenvalue weighted by Crippen LogP contribution is 2.23. The van der Waals surface area contributed by atoms with Crippen molar-refractivity contribution in [2.24, 2.45) is 0 Å². The van der Waals surface area contributed by atoms with Gasteiger partial charge in [0.2, 0.25) is 0 Å². The summed E-state index contributed by atoms with van der Waals surface area (Å²) >= 11 is 0. The zero-order valence-corrected chi connectivity index (χ0v) is 12.5. The van der Waals surface area contributed by atoms with E-state index in [-0.39, 0.29) is 18.7 Å². The highest BCUT2D eigenvalue weighted by atomic mass is 16.5. The number of carboxylic acids is 1. The molecule has 21 heavy (non-hydrogen) atoms. The predicted molar refractivity (Wildman–Crippen MR) is 80.7 cm³/mol. The lowest BCUT2D eigenvalue weighted by Gasteiger charge is -2.13. The molecule has 6 heteroatoms. The second kappa shape index (κ2) is 8.26. The van der Waals surface area contributed by atoms with Gasteiger partial charge in [-0.25, -0.2) is 0 Å². The summed E-state index contributed by atoms with van der Waals surface area (Å²) in [6, 6.07) is 4.98. The number of carbonyl (C=O) groups is 2. The topological polar surface area (TPSA) is 92.9 Å². The lowest BCUT2D eigenvalue weighted by atomic mass is 10.1. The Hall–Kier alpha value is -2.08. The van der Waals surface area contributed by atoms with E-state index in [0.29, 0.717) is 30.2 Å². The molecule has 1 rings (SSSR count). The Morgan fingerprint density at radius 3 is 2.67 bits per heavy atom. The van der Waals surface area contributed by atoms with Gasteiger partial charge in [0.1, 0.15) is 5.75 Å². The summed E-state index contributed by atoms with van der Waals surface area (Å²) in [7, 11) is 1.66. The minimum Gasteiger partial charge on any atom is -0.491 e. The highest BCUT2D eigenvalue weighted by Gasteiger charge is 2.11. The third kappa shape index (κ3) is 5.83. The van der Waals surface area contributed by atoms with Crippen LogP contribution >= 0.6 is 0 Å². The van der Waals surface area contributed by atoms with Crippen LogP contribution in [0.3, 0.4) is 0 Å². The normalized spacial score (nSPS) is 10.6. The van der Waals surface area contributed by atoms with E-state index in [2.05, 4.69) is 0 Å². The van der Waals surface area contributed by atoms with E-state index in [1.165, 1.54) is 0 Å². The molecule has 0 aromatic heterocycles. The fourth-order valence-corrected chi connectivity index (χ4v) is 1.81. The number of likely N-dealkylation sites (N-methyl/N-ethyl adjacent to an activating group) is 1. The van der Waals surface area contributed by atoms with Gasteiger partial charge in [0.25, 0.3) is 0 Å². The van der Waals surface area contributed by atoms with Gasteiger partial charge in [-0.15, -0.1) is 0 Å². The van der Waals surface area contributed by atoms with E-state index in [4.69, 9.17) is 15.6 Å². The Morgan fingerprint density at radius 1 is 1.38 bits per heavy atom. The van der Waals surface area contributed by atoms with Crippen molar-refractivity contribution >= 4 is 17.4 Å². The number of rotatable bonds is 9. The average molecular weight is 294 g/mol. The Bertz CT molecular complexity index is 502.